The first-order chi connectivity index (χ1) is 13.8. The number of hydrogen-bond donors (Lipinski definition) is 0. The minimum Gasteiger partial charge on any atom is -0.333 e. The number of benzene rings is 1. The number of aryl methyl sites for hydroxylation is 1. The maximum absolute atomic E-state index is 13.1. The predicted molar refractivity (Wildman–Crippen MR) is 105 cm³/mol. The monoisotopic (exact) mass is 424 g/mol. The van der Waals surface area contributed by atoms with Crippen LogP contribution in [0.15, 0.2) is 24.3 Å². The Bertz CT molecular complexity index is 964. The first-order valence-corrected chi connectivity index (χ1v) is 10.9. The van der Waals surface area contributed by atoms with Gasteiger partial charge in [0.05, 0.1) is 5.69 Å². The van der Waals surface area contributed by atoms with Crippen LogP contribution in [0.3, 0.4) is 0 Å². The Labute approximate surface area is 169 Å². The summed E-state index contributed by atoms with van der Waals surface area (Å²) in [4.78, 5) is 18.6. The van der Waals surface area contributed by atoms with Crippen LogP contribution in [-0.4, -0.2) is 81.9 Å². The van der Waals surface area contributed by atoms with Gasteiger partial charge in [-0.25, -0.2) is 14.1 Å². The summed E-state index contributed by atoms with van der Waals surface area (Å²) in [5.74, 6) is -0.177. The second-order valence-corrected chi connectivity index (χ2v) is 8.58. The number of rotatable bonds is 6. The molecule has 0 bridgehead atoms. The normalized spacial score (nSPS) is 15.8. The van der Waals surface area contributed by atoms with Gasteiger partial charge in [-0.05, 0) is 31.2 Å². The summed E-state index contributed by atoms with van der Waals surface area (Å²) in [7, 11) is -3.52. The molecule has 1 aromatic heterocycles. The zero-order valence-corrected chi connectivity index (χ0v) is 17.6. The van der Waals surface area contributed by atoms with Crippen LogP contribution in [0.2, 0.25) is 0 Å². The smallest absolute Gasteiger partial charge is 0.293 e. The molecule has 1 aromatic carbocycles. The van der Waals surface area contributed by atoms with E-state index in [1.54, 1.807) is 37.8 Å². The fraction of sp³-hybridized carbons (Fsp3) is 0.500. The number of carbonyl (C=O) groups excluding carboxylic acids is 1. The van der Waals surface area contributed by atoms with Crippen molar-refractivity contribution in [2.24, 2.45) is 0 Å². The maximum Gasteiger partial charge on any atom is 0.293 e. The minimum absolute atomic E-state index is 0.0341. The topological polar surface area (TPSA) is 91.6 Å². The molecule has 0 saturated carbocycles. The summed E-state index contributed by atoms with van der Waals surface area (Å²) in [5, 5.41) is 4.26. The molecule has 2 aromatic rings. The summed E-state index contributed by atoms with van der Waals surface area (Å²) in [6.07, 6.45) is 0. The molecule has 1 aliphatic rings. The van der Waals surface area contributed by atoms with Crippen LogP contribution >= 0.6 is 0 Å². The van der Waals surface area contributed by atoms with Crippen molar-refractivity contribution in [2.45, 2.75) is 20.8 Å². The standard InChI is InChI=1S/C18H25FN6O3S/c1-4-23(5-2)29(27,28)24-12-10-22(11-13-24)18(26)17-20-14(3)25(21-17)16-8-6-15(19)7-9-16/h6-9H,4-5,10-13H2,1-3H3. The fourth-order valence-corrected chi connectivity index (χ4v) is 4.89. The van der Waals surface area contributed by atoms with Gasteiger partial charge in [0.1, 0.15) is 11.6 Å². The number of aromatic nitrogens is 3. The van der Waals surface area contributed by atoms with Crippen molar-refractivity contribution in [2.75, 3.05) is 39.3 Å². The number of hydrogen-bond acceptors (Lipinski definition) is 5. The fourth-order valence-electron chi connectivity index (χ4n) is 3.28. The van der Waals surface area contributed by atoms with E-state index in [1.807, 2.05) is 0 Å². The number of nitrogens with zero attached hydrogens (tertiary/aromatic N) is 6. The van der Waals surface area contributed by atoms with Gasteiger partial charge in [0.2, 0.25) is 5.82 Å². The van der Waals surface area contributed by atoms with Crippen molar-refractivity contribution >= 4 is 16.1 Å². The van der Waals surface area contributed by atoms with Crippen molar-refractivity contribution in [3.8, 4) is 5.69 Å². The van der Waals surface area contributed by atoms with Crippen LogP contribution in [0.5, 0.6) is 0 Å². The molecule has 3 rings (SSSR count). The predicted octanol–water partition coefficient (Wildman–Crippen LogP) is 1.06. The first-order valence-electron chi connectivity index (χ1n) is 9.52. The molecule has 29 heavy (non-hydrogen) atoms. The van der Waals surface area contributed by atoms with Crippen LogP contribution in [-0.2, 0) is 10.2 Å². The second kappa shape index (κ2) is 8.56. The van der Waals surface area contributed by atoms with Crippen LogP contribution in [0.25, 0.3) is 5.69 Å². The lowest BCUT2D eigenvalue weighted by Crippen LogP contribution is -2.54. The van der Waals surface area contributed by atoms with E-state index in [2.05, 4.69) is 10.1 Å². The van der Waals surface area contributed by atoms with E-state index in [1.165, 1.54) is 25.4 Å². The number of halogens is 1. The minimum atomic E-state index is -3.52. The highest BCUT2D eigenvalue weighted by Gasteiger charge is 2.33. The molecule has 0 atom stereocenters. The molecular formula is C18H25FN6O3S. The van der Waals surface area contributed by atoms with Gasteiger partial charge in [0, 0.05) is 39.3 Å². The molecule has 11 heteroatoms. The molecule has 2 heterocycles. The number of amides is 1. The second-order valence-electron chi connectivity index (χ2n) is 6.65. The lowest BCUT2D eigenvalue weighted by atomic mass is 10.3. The van der Waals surface area contributed by atoms with Crippen molar-refractivity contribution in [3.05, 3.63) is 41.7 Å². The van der Waals surface area contributed by atoms with E-state index in [9.17, 15) is 17.6 Å². The molecule has 158 valence electrons. The average Bonchev–Trinajstić information content (AvgIpc) is 3.10. The van der Waals surface area contributed by atoms with Gasteiger partial charge in [0.15, 0.2) is 0 Å². The van der Waals surface area contributed by atoms with E-state index in [0.29, 0.717) is 24.6 Å². The molecule has 0 spiro atoms. The summed E-state index contributed by atoms with van der Waals surface area (Å²) in [6.45, 7) is 7.10. The Morgan fingerprint density at radius 2 is 1.69 bits per heavy atom. The largest absolute Gasteiger partial charge is 0.333 e. The molecule has 1 saturated heterocycles. The van der Waals surface area contributed by atoms with Crippen molar-refractivity contribution in [1.29, 1.82) is 0 Å². The quantitative estimate of drug-likeness (QED) is 0.692. The average molecular weight is 425 g/mol. The molecule has 1 fully saturated rings. The molecule has 0 aliphatic carbocycles. The lowest BCUT2D eigenvalue weighted by Gasteiger charge is -2.35. The van der Waals surface area contributed by atoms with Crippen molar-refractivity contribution in [1.82, 2.24) is 28.3 Å². The summed E-state index contributed by atoms with van der Waals surface area (Å²) in [5.41, 5.74) is 0.602. The Morgan fingerprint density at radius 3 is 2.24 bits per heavy atom. The Morgan fingerprint density at radius 1 is 1.10 bits per heavy atom. The van der Waals surface area contributed by atoms with Gasteiger partial charge in [-0.2, -0.15) is 17.0 Å². The van der Waals surface area contributed by atoms with Crippen LogP contribution in [0.4, 0.5) is 4.39 Å². The van der Waals surface area contributed by atoms with Crippen LogP contribution in [0, 0.1) is 12.7 Å². The van der Waals surface area contributed by atoms with E-state index < -0.39 is 10.2 Å². The summed E-state index contributed by atoms with van der Waals surface area (Å²) >= 11 is 0. The maximum atomic E-state index is 13.1. The number of carbonyl (C=O) groups is 1. The third-order valence-electron chi connectivity index (χ3n) is 4.92. The van der Waals surface area contributed by atoms with Crippen molar-refractivity contribution < 1.29 is 17.6 Å². The van der Waals surface area contributed by atoms with E-state index in [4.69, 9.17) is 0 Å². The van der Waals surface area contributed by atoms with Gasteiger partial charge >= 0.3 is 0 Å². The molecular weight excluding hydrogens is 399 g/mol. The third-order valence-corrected chi connectivity index (χ3v) is 7.10. The Hall–Kier alpha value is -2.37. The third kappa shape index (κ3) is 4.31. The van der Waals surface area contributed by atoms with E-state index in [-0.39, 0.29) is 43.7 Å². The highest BCUT2D eigenvalue weighted by Crippen LogP contribution is 2.15. The first kappa shape index (κ1) is 21.3. The van der Waals surface area contributed by atoms with Gasteiger partial charge in [-0.1, -0.05) is 13.8 Å². The lowest BCUT2D eigenvalue weighted by molar-refractivity contribution is 0.0682. The molecule has 1 aliphatic heterocycles. The zero-order valence-electron chi connectivity index (χ0n) is 16.7. The summed E-state index contributed by atoms with van der Waals surface area (Å²) < 4.78 is 42.7. The Kier molecular flexibility index (Phi) is 6.30. The van der Waals surface area contributed by atoms with Gasteiger partial charge < -0.3 is 4.90 Å². The number of piperazine rings is 1. The van der Waals surface area contributed by atoms with E-state index >= 15 is 0 Å². The van der Waals surface area contributed by atoms with Crippen LogP contribution in [0.1, 0.15) is 30.3 Å². The SMILES string of the molecule is CCN(CC)S(=O)(=O)N1CCN(C(=O)c2nc(C)n(-c3ccc(F)cc3)n2)CC1. The van der Waals surface area contributed by atoms with E-state index in [0.717, 1.165) is 0 Å². The Balaban J connectivity index is 1.70. The van der Waals surface area contributed by atoms with Crippen LogP contribution < -0.4 is 0 Å². The van der Waals surface area contributed by atoms with Gasteiger partial charge in [0.25, 0.3) is 16.1 Å². The van der Waals surface area contributed by atoms with Gasteiger partial charge in [-0.3, -0.25) is 4.79 Å². The molecule has 0 radical (unpaired) electrons. The van der Waals surface area contributed by atoms with Crippen molar-refractivity contribution in [3.63, 3.8) is 0 Å². The molecule has 0 N–H and O–H groups in total. The highest BCUT2D eigenvalue weighted by atomic mass is 32.2. The molecule has 9 nitrogen and oxygen atoms in total. The summed E-state index contributed by atoms with van der Waals surface area (Å²) in [6, 6.07) is 5.74. The highest BCUT2D eigenvalue weighted by molar-refractivity contribution is 7.86. The molecule has 0 unspecified atom stereocenters. The zero-order chi connectivity index (χ0) is 21.2. The van der Waals surface area contributed by atoms with Gasteiger partial charge in [-0.15, -0.1) is 5.10 Å². The molecule has 1 amide bonds.